The van der Waals surface area contributed by atoms with Gasteiger partial charge in [-0.3, -0.25) is 4.79 Å². The number of ether oxygens (including phenoxy) is 1. The zero-order valence-electron chi connectivity index (χ0n) is 12.2. The first-order chi connectivity index (χ1) is 9.43. The van der Waals surface area contributed by atoms with Gasteiger partial charge in [0.1, 0.15) is 0 Å². The van der Waals surface area contributed by atoms with Gasteiger partial charge in [0.25, 0.3) is 10.2 Å². The van der Waals surface area contributed by atoms with Gasteiger partial charge >= 0.3 is 5.97 Å². The van der Waals surface area contributed by atoms with Gasteiger partial charge in [-0.15, -0.1) is 0 Å². The topological polar surface area (TPSA) is 92.9 Å². The number of hydrogen-bond acceptors (Lipinski definition) is 5. The Balaban J connectivity index is 2.53. The molecule has 0 unspecified atom stereocenters. The Bertz CT molecular complexity index is 405. The second kappa shape index (κ2) is 7.92. The maximum Gasteiger partial charge on any atom is 0.309 e. The lowest BCUT2D eigenvalue weighted by Gasteiger charge is -2.32. The smallest absolute Gasteiger partial charge is 0.309 e. The second-order valence-electron chi connectivity index (χ2n) is 4.90. The Morgan fingerprint density at radius 1 is 1.40 bits per heavy atom. The predicted octanol–water partition coefficient (Wildman–Crippen LogP) is -0.213. The normalized spacial score (nSPS) is 18.4. The summed E-state index contributed by atoms with van der Waals surface area (Å²) in [7, 11) is -1.88. The van der Waals surface area contributed by atoms with Crippen LogP contribution in [0.3, 0.4) is 0 Å². The summed E-state index contributed by atoms with van der Waals surface area (Å²) in [4.78, 5) is 11.6. The third-order valence-electron chi connectivity index (χ3n) is 3.47. The summed E-state index contributed by atoms with van der Waals surface area (Å²) in [5, 5.41) is 0. The molecular formula is C12H25N3O4S. The van der Waals surface area contributed by atoms with E-state index in [4.69, 9.17) is 10.5 Å². The van der Waals surface area contributed by atoms with Crippen LogP contribution in [-0.4, -0.2) is 62.8 Å². The van der Waals surface area contributed by atoms with Crippen molar-refractivity contribution in [2.24, 2.45) is 11.7 Å². The fourth-order valence-corrected chi connectivity index (χ4v) is 3.64. The van der Waals surface area contributed by atoms with Crippen LogP contribution < -0.4 is 5.73 Å². The molecule has 1 saturated heterocycles. The van der Waals surface area contributed by atoms with E-state index in [0.29, 0.717) is 52.0 Å². The molecule has 20 heavy (non-hydrogen) atoms. The standard InChI is InChI=1S/C12H25N3O4S/c1-3-19-12(16)11-5-9-15(10-6-11)20(17,18)14(2)8-4-7-13/h11H,3-10,13H2,1-2H3. The van der Waals surface area contributed by atoms with Crippen molar-refractivity contribution in [3.05, 3.63) is 0 Å². The van der Waals surface area contributed by atoms with Gasteiger partial charge in [-0.25, -0.2) is 0 Å². The summed E-state index contributed by atoms with van der Waals surface area (Å²) in [6.07, 6.45) is 1.67. The van der Waals surface area contributed by atoms with Crippen molar-refractivity contribution in [2.45, 2.75) is 26.2 Å². The summed E-state index contributed by atoms with van der Waals surface area (Å²) < 4.78 is 32.3. The molecule has 7 nitrogen and oxygen atoms in total. The Morgan fingerprint density at radius 2 is 2.00 bits per heavy atom. The van der Waals surface area contributed by atoms with Crippen molar-refractivity contribution in [1.29, 1.82) is 0 Å². The molecule has 1 aliphatic rings. The molecular weight excluding hydrogens is 282 g/mol. The largest absolute Gasteiger partial charge is 0.466 e. The highest BCUT2D eigenvalue weighted by Gasteiger charge is 2.33. The average molecular weight is 307 g/mol. The molecule has 0 saturated carbocycles. The van der Waals surface area contributed by atoms with Crippen molar-refractivity contribution in [3.8, 4) is 0 Å². The molecule has 0 aromatic carbocycles. The van der Waals surface area contributed by atoms with E-state index < -0.39 is 10.2 Å². The van der Waals surface area contributed by atoms with Gasteiger partial charge in [0.05, 0.1) is 12.5 Å². The minimum Gasteiger partial charge on any atom is -0.466 e. The van der Waals surface area contributed by atoms with E-state index in [-0.39, 0.29) is 11.9 Å². The zero-order valence-corrected chi connectivity index (χ0v) is 13.1. The number of piperidine rings is 1. The maximum absolute atomic E-state index is 12.3. The van der Waals surface area contributed by atoms with Crippen molar-refractivity contribution in [1.82, 2.24) is 8.61 Å². The summed E-state index contributed by atoms with van der Waals surface area (Å²) in [6.45, 7) is 3.72. The SMILES string of the molecule is CCOC(=O)C1CCN(S(=O)(=O)N(C)CCCN)CC1. The first-order valence-electron chi connectivity index (χ1n) is 7.01. The number of carbonyl (C=O) groups is 1. The van der Waals surface area contributed by atoms with Crippen LogP contribution in [0.2, 0.25) is 0 Å². The van der Waals surface area contributed by atoms with Crippen LogP contribution in [0.15, 0.2) is 0 Å². The summed E-state index contributed by atoms with van der Waals surface area (Å²) in [5.41, 5.74) is 5.39. The molecule has 1 heterocycles. The summed E-state index contributed by atoms with van der Waals surface area (Å²) in [6, 6.07) is 0. The van der Waals surface area contributed by atoms with Crippen LogP contribution >= 0.6 is 0 Å². The van der Waals surface area contributed by atoms with E-state index >= 15 is 0 Å². The maximum atomic E-state index is 12.3. The molecule has 0 bridgehead atoms. The summed E-state index contributed by atoms with van der Waals surface area (Å²) in [5.74, 6) is -0.406. The van der Waals surface area contributed by atoms with Gasteiger partial charge in [-0.05, 0) is 32.7 Å². The number of hydrogen-bond donors (Lipinski definition) is 1. The van der Waals surface area contributed by atoms with Crippen LogP contribution in [0.5, 0.6) is 0 Å². The van der Waals surface area contributed by atoms with Crippen molar-refractivity contribution in [3.63, 3.8) is 0 Å². The lowest BCUT2D eigenvalue weighted by molar-refractivity contribution is -0.149. The van der Waals surface area contributed by atoms with Crippen molar-refractivity contribution in [2.75, 3.05) is 39.8 Å². The number of esters is 1. The molecule has 0 aromatic rings. The van der Waals surface area contributed by atoms with E-state index in [1.807, 2.05) is 0 Å². The first-order valence-corrected chi connectivity index (χ1v) is 8.41. The van der Waals surface area contributed by atoms with Gasteiger partial charge in [0.2, 0.25) is 0 Å². The molecule has 0 spiro atoms. The van der Waals surface area contributed by atoms with Crippen LogP contribution in [-0.2, 0) is 19.7 Å². The average Bonchev–Trinajstić information content (AvgIpc) is 2.45. The lowest BCUT2D eigenvalue weighted by atomic mass is 9.98. The van der Waals surface area contributed by atoms with Crippen LogP contribution in [0.4, 0.5) is 0 Å². The number of nitrogens with zero attached hydrogens (tertiary/aromatic N) is 2. The molecule has 1 fully saturated rings. The minimum absolute atomic E-state index is 0.184. The van der Waals surface area contributed by atoms with E-state index in [0.717, 1.165) is 0 Å². The zero-order chi connectivity index (χ0) is 15.2. The van der Waals surface area contributed by atoms with Gasteiger partial charge in [0.15, 0.2) is 0 Å². The fourth-order valence-electron chi connectivity index (χ4n) is 2.21. The minimum atomic E-state index is -3.44. The van der Waals surface area contributed by atoms with E-state index in [1.165, 1.54) is 8.61 Å². The van der Waals surface area contributed by atoms with E-state index in [2.05, 4.69) is 0 Å². The molecule has 8 heteroatoms. The van der Waals surface area contributed by atoms with Crippen LogP contribution in [0.1, 0.15) is 26.2 Å². The predicted molar refractivity (Wildman–Crippen MR) is 76.2 cm³/mol. The first kappa shape index (κ1) is 17.4. The number of rotatable bonds is 7. The highest BCUT2D eigenvalue weighted by molar-refractivity contribution is 7.86. The highest BCUT2D eigenvalue weighted by Crippen LogP contribution is 2.22. The quantitative estimate of drug-likeness (QED) is 0.657. The van der Waals surface area contributed by atoms with Crippen molar-refractivity contribution >= 4 is 16.2 Å². The molecule has 1 rings (SSSR count). The molecule has 2 N–H and O–H groups in total. The third-order valence-corrected chi connectivity index (χ3v) is 5.46. The Morgan fingerprint density at radius 3 is 2.50 bits per heavy atom. The van der Waals surface area contributed by atoms with Gasteiger partial charge in [0, 0.05) is 26.7 Å². The Labute approximate surface area is 121 Å². The van der Waals surface area contributed by atoms with Crippen LogP contribution in [0, 0.1) is 5.92 Å². The third kappa shape index (κ3) is 4.41. The van der Waals surface area contributed by atoms with Gasteiger partial charge < -0.3 is 10.5 Å². The van der Waals surface area contributed by atoms with Gasteiger partial charge in [-0.2, -0.15) is 17.0 Å². The molecule has 0 amide bonds. The van der Waals surface area contributed by atoms with Crippen LogP contribution in [0.25, 0.3) is 0 Å². The Hall–Kier alpha value is -0.700. The number of nitrogens with two attached hydrogens (primary N) is 1. The molecule has 1 aliphatic heterocycles. The number of carbonyl (C=O) groups excluding carboxylic acids is 1. The molecule has 0 aliphatic carbocycles. The van der Waals surface area contributed by atoms with Crippen molar-refractivity contribution < 1.29 is 17.9 Å². The van der Waals surface area contributed by atoms with E-state index in [1.54, 1.807) is 14.0 Å². The highest BCUT2D eigenvalue weighted by atomic mass is 32.2. The molecule has 0 aromatic heterocycles. The Kier molecular flexibility index (Phi) is 6.87. The van der Waals surface area contributed by atoms with Gasteiger partial charge in [-0.1, -0.05) is 0 Å². The second-order valence-corrected chi connectivity index (χ2v) is 6.93. The molecule has 118 valence electrons. The fraction of sp³-hybridized carbons (Fsp3) is 0.917. The van der Waals surface area contributed by atoms with E-state index in [9.17, 15) is 13.2 Å². The molecule has 0 atom stereocenters. The summed E-state index contributed by atoms with van der Waals surface area (Å²) >= 11 is 0. The lowest BCUT2D eigenvalue weighted by Crippen LogP contribution is -2.47. The monoisotopic (exact) mass is 307 g/mol. The molecule has 0 radical (unpaired) electrons.